The molecule has 1 aliphatic heterocycles. The number of aromatic nitrogens is 3. The molecule has 4 heterocycles. The van der Waals surface area contributed by atoms with Crippen LogP contribution in [0.1, 0.15) is 30.9 Å². The van der Waals surface area contributed by atoms with E-state index >= 15 is 0 Å². The van der Waals surface area contributed by atoms with Crippen molar-refractivity contribution in [2.24, 2.45) is 0 Å². The van der Waals surface area contributed by atoms with Gasteiger partial charge in [0.2, 0.25) is 5.91 Å². The molecular formula is C19H20ClN5OS. The molecule has 1 aliphatic rings. The van der Waals surface area contributed by atoms with Gasteiger partial charge < -0.3 is 10.2 Å². The Morgan fingerprint density at radius 2 is 2.11 bits per heavy atom. The third kappa shape index (κ3) is 4.04. The summed E-state index contributed by atoms with van der Waals surface area (Å²) in [6.45, 7) is 1.55. The molecule has 3 aromatic rings. The number of hydrogen-bond acceptors (Lipinski definition) is 6. The summed E-state index contributed by atoms with van der Waals surface area (Å²) in [7, 11) is 0. The van der Waals surface area contributed by atoms with Crippen molar-refractivity contribution in [2.45, 2.75) is 25.2 Å². The molecule has 0 bridgehead atoms. The third-order valence-electron chi connectivity index (χ3n) is 4.85. The highest BCUT2D eigenvalue weighted by atomic mass is 35.5. The van der Waals surface area contributed by atoms with Gasteiger partial charge in [-0.15, -0.1) is 11.6 Å². The fourth-order valence-electron chi connectivity index (χ4n) is 3.38. The zero-order chi connectivity index (χ0) is 18.6. The van der Waals surface area contributed by atoms with Crippen LogP contribution in [0.4, 0.5) is 11.6 Å². The molecule has 0 atom stereocenters. The number of rotatable bonds is 5. The van der Waals surface area contributed by atoms with Gasteiger partial charge in [-0.1, -0.05) is 6.07 Å². The monoisotopic (exact) mass is 401 g/mol. The van der Waals surface area contributed by atoms with Crippen molar-refractivity contribution in [2.75, 3.05) is 24.3 Å². The first-order valence-corrected chi connectivity index (χ1v) is 10.3. The highest BCUT2D eigenvalue weighted by Gasteiger charge is 2.24. The molecule has 0 aromatic carbocycles. The quantitative estimate of drug-likeness (QED) is 0.650. The summed E-state index contributed by atoms with van der Waals surface area (Å²) in [6.07, 6.45) is 4.04. The zero-order valence-corrected chi connectivity index (χ0v) is 16.3. The number of nitrogens with zero attached hydrogens (tertiary/aromatic N) is 4. The van der Waals surface area contributed by atoms with E-state index in [1.165, 1.54) is 11.5 Å². The van der Waals surface area contributed by atoms with E-state index < -0.39 is 0 Å². The van der Waals surface area contributed by atoms with Crippen LogP contribution in [0.25, 0.3) is 10.2 Å². The predicted octanol–water partition coefficient (Wildman–Crippen LogP) is 4.16. The Labute approximate surface area is 166 Å². The topological polar surface area (TPSA) is 71.0 Å². The van der Waals surface area contributed by atoms with Crippen molar-refractivity contribution in [3.8, 4) is 0 Å². The Balaban J connectivity index is 1.46. The summed E-state index contributed by atoms with van der Waals surface area (Å²) in [5, 5.41) is 4.25. The molecule has 140 valence electrons. The highest BCUT2D eigenvalue weighted by Crippen LogP contribution is 2.32. The van der Waals surface area contributed by atoms with Gasteiger partial charge in [0.15, 0.2) is 5.82 Å². The number of piperidine rings is 1. The minimum atomic E-state index is 0.152. The Morgan fingerprint density at radius 1 is 1.26 bits per heavy atom. The average Bonchev–Trinajstić information content (AvgIpc) is 3.11. The first-order chi connectivity index (χ1) is 13.2. The smallest absolute Gasteiger partial charge is 0.223 e. The maximum Gasteiger partial charge on any atom is 0.223 e. The van der Waals surface area contributed by atoms with E-state index in [2.05, 4.69) is 26.8 Å². The molecule has 0 aliphatic carbocycles. The van der Waals surface area contributed by atoms with Crippen molar-refractivity contribution in [3.05, 3.63) is 42.2 Å². The number of amides is 1. The minimum Gasteiger partial charge on any atom is -0.343 e. The lowest BCUT2D eigenvalue weighted by molar-refractivity contribution is -0.131. The molecule has 1 N–H and O–H groups in total. The molecule has 0 unspecified atom stereocenters. The Bertz CT molecular complexity index is 924. The molecule has 4 rings (SSSR count). The molecule has 1 amide bonds. The van der Waals surface area contributed by atoms with Gasteiger partial charge in [-0.3, -0.25) is 4.79 Å². The van der Waals surface area contributed by atoms with Gasteiger partial charge in [0.25, 0.3) is 0 Å². The summed E-state index contributed by atoms with van der Waals surface area (Å²) < 4.78 is 4.50. The van der Waals surface area contributed by atoms with Gasteiger partial charge in [0.1, 0.15) is 10.6 Å². The molecule has 0 saturated carbocycles. The summed E-state index contributed by atoms with van der Waals surface area (Å²) >= 11 is 7.07. The summed E-state index contributed by atoms with van der Waals surface area (Å²) in [5.41, 5.74) is 1.08. The number of halogens is 1. The van der Waals surface area contributed by atoms with Crippen LogP contribution in [0.2, 0.25) is 0 Å². The first kappa shape index (κ1) is 18.1. The fraction of sp³-hybridized carbons (Fsp3) is 0.368. The van der Waals surface area contributed by atoms with Crippen LogP contribution in [-0.2, 0) is 4.79 Å². The van der Waals surface area contributed by atoms with Crippen molar-refractivity contribution >= 4 is 50.9 Å². The van der Waals surface area contributed by atoms with E-state index in [0.717, 1.165) is 53.5 Å². The predicted molar refractivity (Wildman–Crippen MR) is 109 cm³/mol. The number of anilines is 2. The fourth-order valence-corrected chi connectivity index (χ4v) is 4.27. The van der Waals surface area contributed by atoms with E-state index in [-0.39, 0.29) is 5.91 Å². The number of carbonyl (C=O) groups excluding carboxylic acids is 1. The van der Waals surface area contributed by atoms with E-state index in [9.17, 15) is 4.79 Å². The first-order valence-electron chi connectivity index (χ1n) is 9.02. The largest absolute Gasteiger partial charge is 0.343 e. The summed E-state index contributed by atoms with van der Waals surface area (Å²) in [4.78, 5) is 23.9. The lowest BCUT2D eigenvalue weighted by Crippen LogP contribution is -2.38. The molecule has 0 spiro atoms. The van der Waals surface area contributed by atoms with Crippen LogP contribution in [0.15, 0.2) is 36.5 Å². The molecule has 8 heteroatoms. The van der Waals surface area contributed by atoms with Crippen LogP contribution < -0.4 is 5.32 Å². The van der Waals surface area contributed by atoms with Crippen LogP contribution in [0.5, 0.6) is 0 Å². The van der Waals surface area contributed by atoms with E-state index in [1.54, 1.807) is 6.20 Å². The van der Waals surface area contributed by atoms with Gasteiger partial charge in [-0.25, -0.2) is 9.97 Å². The summed E-state index contributed by atoms with van der Waals surface area (Å²) in [6, 6.07) is 9.89. The average molecular weight is 402 g/mol. The van der Waals surface area contributed by atoms with E-state index in [0.29, 0.717) is 18.2 Å². The number of hydrogen-bond donors (Lipinski definition) is 1. The molecular weight excluding hydrogens is 382 g/mol. The number of alkyl halides is 1. The number of pyridine rings is 2. The normalized spacial score (nSPS) is 15.2. The van der Waals surface area contributed by atoms with Crippen LogP contribution in [0, 0.1) is 0 Å². The zero-order valence-electron chi connectivity index (χ0n) is 14.8. The Morgan fingerprint density at radius 3 is 2.85 bits per heavy atom. The van der Waals surface area contributed by atoms with Crippen LogP contribution in [-0.4, -0.2) is 44.1 Å². The van der Waals surface area contributed by atoms with Gasteiger partial charge in [0, 0.05) is 43.2 Å². The number of likely N-dealkylation sites (tertiary alicyclic amines) is 1. The third-order valence-corrected chi connectivity index (χ3v) is 5.79. The Hall–Kier alpha value is -2.25. The van der Waals surface area contributed by atoms with Crippen molar-refractivity contribution in [3.63, 3.8) is 0 Å². The molecule has 6 nitrogen and oxygen atoms in total. The van der Waals surface area contributed by atoms with Crippen LogP contribution in [0.3, 0.4) is 0 Å². The lowest BCUT2D eigenvalue weighted by atomic mass is 9.93. The second kappa shape index (κ2) is 8.19. The maximum atomic E-state index is 12.0. The second-order valence-corrected chi connectivity index (χ2v) is 7.68. The van der Waals surface area contributed by atoms with E-state index in [1.807, 2.05) is 23.1 Å². The number of fused-ring (bicyclic) bond motifs is 1. The Kier molecular flexibility index (Phi) is 5.50. The van der Waals surface area contributed by atoms with E-state index in [4.69, 9.17) is 16.6 Å². The lowest BCUT2D eigenvalue weighted by Gasteiger charge is -2.31. The number of nitrogens with one attached hydrogen (secondary N) is 1. The molecule has 1 fully saturated rings. The van der Waals surface area contributed by atoms with Crippen molar-refractivity contribution < 1.29 is 4.79 Å². The minimum absolute atomic E-state index is 0.152. The molecule has 0 radical (unpaired) electrons. The SMILES string of the molecule is O=C(CCCl)N1CCC(c2ccc3c(Nc4ccccn4)nsc3n2)CC1. The molecule has 1 saturated heterocycles. The van der Waals surface area contributed by atoms with Gasteiger partial charge in [0.05, 0.1) is 5.39 Å². The maximum absolute atomic E-state index is 12.0. The van der Waals surface area contributed by atoms with Crippen molar-refractivity contribution in [1.82, 2.24) is 19.2 Å². The number of carbonyl (C=O) groups is 1. The highest BCUT2D eigenvalue weighted by molar-refractivity contribution is 7.13. The van der Waals surface area contributed by atoms with Gasteiger partial charge >= 0.3 is 0 Å². The second-order valence-electron chi connectivity index (χ2n) is 6.55. The van der Waals surface area contributed by atoms with Crippen molar-refractivity contribution in [1.29, 1.82) is 0 Å². The van der Waals surface area contributed by atoms with Crippen LogP contribution >= 0.6 is 23.1 Å². The van der Waals surface area contributed by atoms with Gasteiger partial charge in [-0.2, -0.15) is 4.37 Å². The molecule has 3 aromatic heterocycles. The summed E-state index contributed by atoms with van der Waals surface area (Å²) in [5.74, 6) is 2.47. The molecule has 27 heavy (non-hydrogen) atoms. The standard InChI is InChI=1S/C19H20ClN5OS/c20-9-6-17(26)25-11-7-13(8-12-25)15-5-4-14-18(24-27-19(14)22-15)23-16-3-1-2-10-21-16/h1-5,10,13H,6-9,11-12H2,(H,21,23,24). The van der Waals surface area contributed by atoms with Gasteiger partial charge in [-0.05, 0) is 48.6 Å².